The van der Waals surface area contributed by atoms with E-state index in [1.807, 2.05) is 26.8 Å². The summed E-state index contributed by atoms with van der Waals surface area (Å²) in [5, 5.41) is 0. The van der Waals surface area contributed by atoms with E-state index in [2.05, 4.69) is 19.9 Å². The van der Waals surface area contributed by atoms with Gasteiger partial charge in [0.05, 0.1) is 56.7 Å². The molecular weight excluding hydrogens is 528 g/mol. The predicted octanol–water partition coefficient (Wildman–Crippen LogP) is 3.26. The number of likely N-dealkylation sites (tertiary alicyclic amines) is 1. The Morgan fingerprint density at radius 1 is 1.02 bits per heavy atom. The van der Waals surface area contributed by atoms with Gasteiger partial charge >= 0.3 is 6.09 Å². The zero-order valence-corrected chi connectivity index (χ0v) is 24.2. The summed E-state index contributed by atoms with van der Waals surface area (Å²) in [6.07, 6.45) is 6.55. The fourth-order valence-corrected chi connectivity index (χ4v) is 5.10. The molecule has 0 aliphatic carbocycles. The van der Waals surface area contributed by atoms with E-state index in [1.165, 1.54) is 6.20 Å². The number of aromatic nitrogens is 4. The summed E-state index contributed by atoms with van der Waals surface area (Å²) in [4.78, 5) is 43.1. The molecule has 0 radical (unpaired) electrons. The van der Waals surface area contributed by atoms with Crippen molar-refractivity contribution in [3.63, 3.8) is 0 Å². The Labute approximate surface area is 239 Å². The second-order valence-corrected chi connectivity index (χ2v) is 11.3. The number of hydrogen-bond donors (Lipinski definition) is 0. The predicted molar refractivity (Wildman–Crippen MR) is 151 cm³/mol. The Kier molecular flexibility index (Phi) is 8.57. The Balaban J connectivity index is 1.26. The third-order valence-electron chi connectivity index (χ3n) is 7.20. The molecule has 2 aliphatic rings. The Morgan fingerprint density at radius 3 is 2.49 bits per heavy atom. The molecular formula is C29H38N6O6. The van der Waals surface area contributed by atoms with Gasteiger partial charge in [-0.15, -0.1) is 0 Å². The van der Waals surface area contributed by atoms with Crippen molar-refractivity contribution in [1.29, 1.82) is 0 Å². The normalized spacial score (nSPS) is 16.3. The average Bonchev–Trinajstić information content (AvgIpc) is 3.19. The van der Waals surface area contributed by atoms with Crippen LogP contribution in [0.2, 0.25) is 0 Å². The van der Waals surface area contributed by atoms with Gasteiger partial charge < -0.3 is 28.4 Å². The van der Waals surface area contributed by atoms with Crippen LogP contribution in [0.3, 0.4) is 0 Å². The van der Waals surface area contributed by atoms with Crippen molar-refractivity contribution in [3.05, 3.63) is 46.8 Å². The molecule has 41 heavy (non-hydrogen) atoms. The zero-order chi connectivity index (χ0) is 29.0. The molecule has 3 aromatic rings. The summed E-state index contributed by atoms with van der Waals surface area (Å²) in [6, 6.07) is 3.63. The highest BCUT2D eigenvalue weighted by atomic mass is 16.6. The van der Waals surface area contributed by atoms with E-state index in [0.717, 1.165) is 38.0 Å². The van der Waals surface area contributed by atoms with Gasteiger partial charge in [-0.2, -0.15) is 0 Å². The topological polar surface area (TPSA) is 121 Å². The third-order valence-corrected chi connectivity index (χ3v) is 7.20. The molecule has 1 amide bonds. The van der Waals surface area contributed by atoms with Crippen LogP contribution in [0, 0.1) is 0 Å². The van der Waals surface area contributed by atoms with Crippen LogP contribution in [0.1, 0.15) is 45.7 Å². The number of ether oxygens (including phenoxy) is 4. The summed E-state index contributed by atoms with van der Waals surface area (Å²) >= 11 is 0. The van der Waals surface area contributed by atoms with Gasteiger partial charge in [0.25, 0.3) is 5.56 Å². The van der Waals surface area contributed by atoms with Crippen LogP contribution in [0.5, 0.6) is 17.2 Å². The van der Waals surface area contributed by atoms with Gasteiger partial charge in [-0.05, 0) is 33.6 Å². The molecule has 0 aromatic carbocycles. The molecule has 0 unspecified atom stereocenters. The molecule has 2 aliphatic heterocycles. The van der Waals surface area contributed by atoms with Crippen LogP contribution in [-0.4, -0.2) is 87.0 Å². The van der Waals surface area contributed by atoms with Crippen LogP contribution >= 0.6 is 0 Å². The lowest BCUT2D eigenvalue weighted by atomic mass is 10.0. The maximum Gasteiger partial charge on any atom is 0.410 e. The molecule has 0 bridgehead atoms. The minimum absolute atomic E-state index is 0.0168. The average molecular weight is 567 g/mol. The molecule has 12 heteroatoms. The molecule has 0 atom stereocenters. The minimum Gasteiger partial charge on any atom is -0.495 e. The van der Waals surface area contributed by atoms with Crippen LogP contribution < -0.4 is 19.8 Å². The van der Waals surface area contributed by atoms with Gasteiger partial charge in [-0.1, -0.05) is 0 Å². The van der Waals surface area contributed by atoms with Gasteiger partial charge in [0.1, 0.15) is 11.4 Å². The number of piperidine rings is 1. The number of hydrogen-bond acceptors (Lipinski definition) is 10. The van der Waals surface area contributed by atoms with E-state index < -0.39 is 5.60 Å². The standard InChI is InChI=1S/C29H38N6O6/c1-29(2,3)41-28(37)35(19-20-14-24-25(17-30-20)40-13-5-12-39-24)21-6-8-33(9-7-21)10-11-34-23-15-22(38-4)16-31-27(23)32-18-26(34)36/h14-18,21H,5-13,19H2,1-4H3. The highest BCUT2D eigenvalue weighted by Crippen LogP contribution is 2.30. The molecule has 0 N–H and O–H groups in total. The van der Waals surface area contributed by atoms with Crippen LogP contribution in [0.4, 0.5) is 4.79 Å². The van der Waals surface area contributed by atoms with Crippen molar-refractivity contribution in [2.75, 3.05) is 40.0 Å². The van der Waals surface area contributed by atoms with Crippen molar-refractivity contribution in [2.45, 2.75) is 64.8 Å². The Bertz CT molecular complexity index is 1430. The molecule has 220 valence electrons. The molecule has 0 spiro atoms. The van der Waals surface area contributed by atoms with Crippen LogP contribution in [-0.2, 0) is 17.8 Å². The number of methoxy groups -OCH3 is 1. The quantitative estimate of drug-likeness (QED) is 0.421. The van der Waals surface area contributed by atoms with E-state index >= 15 is 0 Å². The van der Waals surface area contributed by atoms with Gasteiger partial charge in [-0.3, -0.25) is 14.7 Å². The number of carbonyl (C=O) groups is 1. The fraction of sp³-hybridized carbons (Fsp3) is 0.552. The first-order chi connectivity index (χ1) is 19.7. The molecule has 5 rings (SSSR count). The first kappa shape index (κ1) is 28.6. The van der Waals surface area contributed by atoms with Gasteiger partial charge in [0.2, 0.25) is 0 Å². The van der Waals surface area contributed by atoms with E-state index in [1.54, 1.807) is 35.0 Å². The van der Waals surface area contributed by atoms with Crippen molar-refractivity contribution >= 4 is 17.3 Å². The number of rotatable bonds is 7. The number of nitrogens with zero attached hydrogens (tertiary/aromatic N) is 6. The number of carbonyl (C=O) groups excluding carboxylic acids is 1. The molecule has 0 saturated carbocycles. The number of pyridine rings is 2. The Hall–Kier alpha value is -3.93. The van der Waals surface area contributed by atoms with E-state index in [0.29, 0.717) is 61.3 Å². The highest BCUT2D eigenvalue weighted by molar-refractivity contribution is 5.71. The summed E-state index contributed by atoms with van der Waals surface area (Å²) in [5.74, 6) is 1.85. The van der Waals surface area contributed by atoms with Gasteiger partial charge in [0.15, 0.2) is 17.1 Å². The van der Waals surface area contributed by atoms with E-state index in [-0.39, 0.29) is 17.7 Å². The summed E-state index contributed by atoms with van der Waals surface area (Å²) in [6.45, 7) is 9.81. The molecule has 1 saturated heterocycles. The van der Waals surface area contributed by atoms with Gasteiger partial charge in [0, 0.05) is 50.8 Å². The second-order valence-electron chi connectivity index (χ2n) is 11.3. The third kappa shape index (κ3) is 7.05. The lowest BCUT2D eigenvalue weighted by molar-refractivity contribution is 0.00531. The second kappa shape index (κ2) is 12.3. The minimum atomic E-state index is -0.619. The number of fused-ring (bicyclic) bond motifs is 2. The zero-order valence-electron chi connectivity index (χ0n) is 24.2. The van der Waals surface area contributed by atoms with Crippen molar-refractivity contribution < 1.29 is 23.7 Å². The summed E-state index contributed by atoms with van der Waals surface area (Å²) in [5.41, 5.74) is 1.06. The monoisotopic (exact) mass is 566 g/mol. The van der Waals surface area contributed by atoms with Crippen molar-refractivity contribution in [3.8, 4) is 17.2 Å². The molecule has 3 aromatic heterocycles. The van der Waals surface area contributed by atoms with E-state index in [9.17, 15) is 9.59 Å². The molecule has 12 nitrogen and oxygen atoms in total. The SMILES string of the molecule is COc1cnc2ncc(=O)n(CCN3CCC(N(Cc4cc5c(cn4)OCCCO5)C(=O)OC(C)(C)C)CC3)c2c1. The first-order valence-electron chi connectivity index (χ1n) is 14.1. The van der Waals surface area contributed by atoms with E-state index in [4.69, 9.17) is 18.9 Å². The smallest absolute Gasteiger partial charge is 0.410 e. The summed E-state index contributed by atoms with van der Waals surface area (Å²) < 4.78 is 24.3. The van der Waals surface area contributed by atoms with Crippen molar-refractivity contribution in [2.24, 2.45) is 0 Å². The largest absolute Gasteiger partial charge is 0.495 e. The van der Waals surface area contributed by atoms with Crippen LogP contribution in [0.25, 0.3) is 11.2 Å². The molecule has 1 fully saturated rings. The lowest BCUT2D eigenvalue weighted by Crippen LogP contribution is -2.49. The lowest BCUT2D eigenvalue weighted by Gasteiger charge is -2.39. The summed E-state index contributed by atoms with van der Waals surface area (Å²) in [7, 11) is 1.57. The van der Waals surface area contributed by atoms with Crippen LogP contribution in [0.15, 0.2) is 35.5 Å². The molecule has 5 heterocycles. The maximum atomic E-state index is 13.4. The Morgan fingerprint density at radius 2 is 1.76 bits per heavy atom. The number of amides is 1. The fourth-order valence-electron chi connectivity index (χ4n) is 5.10. The first-order valence-corrected chi connectivity index (χ1v) is 14.1. The highest BCUT2D eigenvalue weighted by Gasteiger charge is 2.32. The van der Waals surface area contributed by atoms with Crippen molar-refractivity contribution in [1.82, 2.24) is 29.3 Å². The maximum absolute atomic E-state index is 13.4. The van der Waals surface area contributed by atoms with Gasteiger partial charge in [-0.25, -0.2) is 14.8 Å².